The largest absolute Gasteiger partial charge is 0.476 e. The van der Waals surface area contributed by atoms with Crippen LogP contribution in [0.1, 0.15) is 39.5 Å². The summed E-state index contributed by atoms with van der Waals surface area (Å²) in [4.78, 5) is 4.38. The second-order valence-electron chi connectivity index (χ2n) is 5.36. The van der Waals surface area contributed by atoms with Crippen molar-refractivity contribution in [3.05, 3.63) is 12.1 Å². The lowest BCUT2D eigenvalue weighted by Gasteiger charge is -2.12. The zero-order valence-corrected chi connectivity index (χ0v) is 12.6. The second-order valence-corrected chi connectivity index (χ2v) is 5.36. The van der Waals surface area contributed by atoms with Crippen LogP contribution >= 0.6 is 0 Å². The summed E-state index contributed by atoms with van der Waals surface area (Å²) in [5.74, 6) is 1.74. The van der Waals surface area contributed by atoms with Crippen LogP contribution < -0.4 is 15.8 Å². The third kappa shape index (κ3) is 6.61. The summed E-state index contributed by atoms with van der Waals surface area (Å²) in [5.41, 5.74) is 6.42. The van der Waals surface area contributed by atoms with Gasteiger partial charge in [-0.2, -0.15) is 4.98 Å². The molecule has 0 aliphatic carbocycles. The number of aliphatic hydroxyl groups is 1. The average molecular weight is 281 g/mol. The number of nitrogens with zero attached hydrogens (tertiary/aromatic N) is 1. The third-order valence-corrected chi connectivity index (χ3v) is 2.83. The molecule has 20 heavy (non-hydrogen) atoms. The van der Waals surface area contributed by atoms with Gasteiger partial charge in [0, 0.05) is 13.2 Å². The van der Waals surface area contributed by atoms with Gasteiger partial charge in [-0.25, -0.2) is 0 Å². The molecule has 0 saturated heterocycles. The molecule has 0 unspecified atom stereocenters. The smallest absolute Gasteiger partial charge is 0.239 e. The van der Waals surface area contributed by atoms with Crippen LogP contribution in [0.15, 0.2) is 12.1 Å². The quantitative estimate of drug-likeness (QED) is 0.574. The molecule has 0 aliphatic rings. The van der Waals surface area contributed by atoms with Gasteiger partial charge in [-0.3, -0.25) is 0 Å². The van der Waals surface area contributed by atoms with Gasteiger partial charge in [0.25, 0.3) is 0 Å². The molecule has 1 rings (SSSR count). The van der Waals surface area contributed by atoms with Crippen LogP contribution in [0.3, 0.4) is 0 Å². The molecule has 0 saturated carbocycles. The lowest BCUT2D eigenvalue weighted by Crippen LogP contribution is -2.09. The summed E-state index contributed by atoms with van der Waals surface area (Å²) in [6.07, 6.45) is 4.12. The van der Waals surface area contributed by atoms with E-state index >= 15 is 0 Å². The molecule has 5 nitrogen and oxygen atoms in total. The number of nitrogen functional groups attached to an aromatic ring is 1. The van der Waals surface area contributed by atoms with Gasteiger partial charge in [0.05, 0.1) is 12.3 Å². The number of ether oxygens (including phenoxy) is 1. The fraction of sp³-hybridized carbons (Fsp3) is 0.667. The van der Waals surface area contributed by atoms with Crippen LogP contribution in [-0.2, 0) is 0 Å². The van der Waals surface area contributed by atoms with E-state index < -0.39 is 0 Å². The van der Waals surface area contributed by atoms with Gasteiger partial charge in [0.15, 0.2) is 0 Å². The summed E-state index contributed by atoms with van der Waals surface area (Å²) in [6, 6.07) is 3.68. The summed E-state index contributed by atoms with van der Waals surface area (Å²) < 4.78 is 5.59. The highest BCUT2D eigenvalue weighted by atomic mass is 16.5. The molecule has 0 atom stereocenters. The van der Waals surface area contributed by atoms with E-state index in [-0.39, 0.29) is 6.61 Å². The Morgan fingerprint density at radius 3 is 2.70 bits per heavy atom. The summed E-state index contributed by atoms with van der Waals surface area (Å²) >= 11 is 0. The molecule has 4 N–H and O–H groups in total. The molecule has 0 aromatic carbocycles. The lowest BCUT2D eigenvalue weighted by atomic mass is 10.2. The number of hydrogen-bond donors (Lipinski definition) is 3. The number of hydrogen-bond acceptors (Lipinski definition) is 5. The predicted octanol–water partition coefficient (Wildman–Crippen LogP) is 2.66. The average Bonchev–Trinajstić information content (AvgIpc) is 2.42. The number of nitrogens with one attached hydrogen (secondary N) is 1. The van der Waals surface area contributed by atoms with Crippen LogP contribution in [0.25, 0.3) is 0 Å². The molecule has 0 radical (unpaired) electrons. The highest BCUT2D eigenvalue weighted by molar-refractivity contribution is 5.53. The summed E-state index contributed by atoms with van der Waals surface area (Å²) in [7, 11) is 0. The van der Waals surface area contributed by atoms with E-state index in [4.69, 9.17) is 15.6 Å². The van der Waals surface area contributed by atoms with Crippen molar-refractivity contribution >= 4 is 11.5 Å². The molecule has 0 aliphatic heterocycles. The van der Waals surface area contributed by atoms with Crippen molar-refractivity contribution in [2.75, 3.05) is 30.8 Å². The van der Waals surface area contributed by atoms with Crippen molar-refractivity contribution in [3.8, 4) is 5.88 Å². The Balaban J connectivity index is 2.36. The molecule has 1 heterocycles. The fourth-order valence-corrected chi connectivity index (χ4v) is 1.72. The van der Waals surface area contributed by atoms with Crippen LogP contribution in [0, 0.1) is 5.92 Å². The van der Waals surface area contributed by atoms with Crippen molar-refractivity contribution in [1.82, 2.24) is 4.98 Å². The third-order valence-electron chi connectivity index (χ3n) is 2.83. The topological polar surface area (TPSA) is 80.4 Å². The number of nitrogens with two attached hydrogens (primary N) is 1. The first kappa shape index (κ1) is 16.6. The predicted molar refractivity (Wildman–Crippen MR) is 83.0 cm³/mol. The normalized spacial score (nSPS) is 10.8. The zero-order chi connectivity index (χ0) is 14.8. The van der Waals surface area contributed by atoms with E-state index in [9.17, 15) is 0 Å². The maximum Gasteiger partial charge on any atom is 0.239 e. The minimum absolute atomic E-state index is 0.281. The maximum absolute atomic E-state index is 8.70. The molecule has 114 valence electrons. The minimum Gasteiger partial charge on any atom is -0.476 e. The Kier molecular flexibility index (Phi) is 7.80. The maximum atomic E-state index is 8.70. The van der Waals surface area contributed by atoms with Crippen LogP contribution in [0.5, 0.6) is 5.88 Å². The molecule has 1 aromatic heterocycles. The standard InChI is InChI=1S/C15H27N3O2/c1-12(2)11-20-15-13(16)7-8-14(18-15)17-9-5-3-4-6-10-19/h7-8,12,19H,3-6,9-11,16H2,1-2H3,(H,17,18). The van der Waals surface area contributed by atoms with Crippen molar-refractivity contribution in [2.45, 2.75) is 39.5 Å². The van der Waals surface area contributed by atoms with Crippen molar-refractivity contribution in [2.24, 2.45) is 5.92 Å². The van der Waals surface area contributed by atoms with Gasteiger partial charge in [-0.1, -0.05) is 26.7 Å². The monoisotopic (exact) mass is 281 g/mol. The Labute approximate surface area is 121 Å². The van der Waals surface area contributed by atoms with Crippen molar-refractivity contribution in [1.29, 1.82) is 0 Å². The molecular formula is C15H27N3O2. The van der Waals surface area contributed by atoms with Gasteiger partial charge >= 0.3 is 0 Å². The second kappa shape index (κ2) is 9.42. The first-order chi connectivity index (χ1) is 9.63. The first-order valence-corrected chi connectivity index (χ1v) is 7.37. The van der Waals surface area contributed by atoms with E-state index in [0.29, 0.717) is 24.1 Å². The zero-order valence-electron chi connectivity index (χ0n) is 12.6. The van der Waals surface area contributed by atoms with Crippen LogP contribution in [-0.4, -0.2) is 29.8 Å². The molecular weight excluding hydrogens is 254 g/mol. The van der Waals surface area contributed by atoms with E-state index in [1.54, 1.807) is 0 Å². The minimum atomic E-state index is 0.281. The number of aliphatic hydroxyl groups excluding tert-OH is 1. The van der Waals surface area contributed by atoms with Crippen molar-refractivity contribution in [3.63, 3.8) is 0 Å². The van der Waals surface area contributed by atoms with Gasteiger partial charge in [0.2, 0.25) is 5.88 Å². The lowest BCUT2D eigenvalue weighted by molar-refractivity contribution is 0.263. The van der Waals surface area contributed by atoms with E-state index in [1.165, 1.54) is 0 Å². The summed E-state index contributed by atoms with van der Waals surface area (Å²) in [6.45, 7) is 5.94. The molecule has 1 aromatic rings. The Hall–Kier alpha value is -1.49. The van der Waals surface area contributed by atoms with Crippen LogP contribution in [0.4, 0.5) is 11.5 Å². The molecule has 5 heteroatoms. The van der Waals surface area contributed by atoms with Crippen molar-refractivity contribution < 1.29 is 9.84 Å². The van der Waals surface area contributed by atoms with E-state index in [2.05, 4.69) is 24.1 Å². The first-order valence-electron chi connectivity index (χ1n) is 7.37. The molecule has 0 bridgehead atoms. The van der Waals surface area contributed by atoms with Gasteiger partial charge in [-0.05, 0) is 30.9 Å². The highest BCUT2D eigenvalue weighted by Gasteiger charge is 2.05. The number of unbranched alkanes of at least 4 members (excludes halogenated alkanes) is 3. The molecule has 0 fully saturated rings. The Morgan fingerprint density at radius 2 is 2.00 bits per heavy atom. The highest BCUT2D eigenvalue weighted by Crippen LogP contribution is 2.21. The van der Waals surface area contributed by atoms with Crippen LogP contribution in [0.2, 0.25) is 0 Å². The van der Waals surface area contributed by atoms with Gasteiger partial charge < -0.3 is 20.9 Å². The number of pyridine rings is 1. The SMILES string of the molecule is CC(C)COc1nc(NCCCCCCO)ccc1N. The number of aromatic nitrogens is 1. The Bertz CT molecular complexity index is 383. The molecule has 0 amide bonds. The van der Waals surface area contributed by atoms with E-state index in [0.717, 1.165) is 38.0 Å². The van der Waals surface area contributed by atoms with Gasteiger partial charge in [0.1, 0.15) is 5.82 Å². The summed E-state index contributed by atoms with van der Waals surface area (Å²) in [5, 5.41) is 12.0. The Morgan fingerprint density at radius 1 is 1.25 bits per heavy atom. The van der Waals surface area contributed by atoms with Gasteiger partial charge in [-0.15, -0.1) is 0 Å². The molecule has 0 spiro atoms. The number of anilines is 2. The fourth-order valence-electron chi connectivity index (χ4n) is 1.72. The number of rotatable bonds is 10. The van der Waals surface area contributed by atoms with E-state index in [1.807, 2.05) is 12.1 Å².